The summed E-state index contributed by atoms with van der Waals surface area (Å²) < 4.78 is 0. The minimum absolute atomic E-state index is 0.796. The summed E-state index contributed by atoms with van der Waals surface area (Å²) >= 11 is 0. The standard InChI is InChI=1S/C13H14N4/c1-2-4-10(5-3-1)6-15-13-11-7-14-8-12(11)16-9-17-13/h1-5,9,14H,6-8H2,(H,15,16,17). The first-order valence-corrected chi connectivity index (χ1v) is 5.75. The molecule has 3 rings (SSSR count). The van der Waals surface area contributed by atoms with Crippen molar-refractivity contribution in [3.8, 4) is 0 Å². The van der Waals surface area contributed by atoms with Crippen LogP contribution in [0.4, 0.5) is 5.82 Å². The molecule has 0 unspecified atom stereocenters. The van der Waals surface area contributed by atoms with Gasteiger partial charge in [-0.2, -0.15) is 0 Å². The van der Waals surface area contributed by atoms with Crippen molar-refractivity contribution in [2.45, 2.75) is 19.6 Å². The van der Waals surface area contributed by atoms with Crippen LogP contribution in [0.25, 0.3) is 0 Å². The number of rotatable bonds is 3. The van der Waals surface area contributed by atoms with Crippen molar-refractivity contribution in [3.63, 3.8) is 0 Å². The third kappa shape index (κ3) is 2.12. The van der Waals surface area contributed by atoms with E-state index < -0.39 is 0 Å². The molecule has 0 aliphatic carbocycles. The van der Waals surface area contributed by atoms with Gasteiger partial charge in [0.25, 0.3) is 0 Å². The average Bonchev–Trinajstić information content (AvgIpc) is 2.86. The zero-order chi connectivity index (χ0) is 11.5. The molecule has 0 saturated carbocycles. The Balaban J connectivity index is 1.76. The number of fused-ring (bicyclic) bond motifs is 1. The molecule has 2 N–H and O–H groups in total. The highest BCUT2D eigenvalue weighted by molar-refractivity contribution is 5.47. The molecule has 0 fully saturated rings. The van der Waals surface area contributed by atoms with Crippen LogP contribution in [0.5, 0.6) is 0 Å². The number of nitrogens with one attached hydrogen (secondary N) is 2. The van der Waals surface area contributed by atoms with Gasteiger partial charge in [-0.1, -0.05) is 30.3 Å². The van der Waals surface area contributed by atoms with Gasteiger partial charge in [-0.3, -0.25) is 0 Å². The van der Waals surface area contributed by atoms with Gasteiger partial charge in [0.2, 0.25) is 0 Å². The highest BCUT2D eigenvalue weighted by atomic mass is 15.1. The molecule has 1 aliphatic rings. The number of nitrogens with zero attached hydrogens (tertiary/aromatic N) is 2. The van der Waals surface area contributed by atoms with Crippen molar-refractivity contribution < 1.29 is 0 Å². The van der Waals surface area contributed by atoms with E-state index in [0.29, 0.717) is 0 Å². The maximum Gasteiger partial charge on any atom is 0.134 e. The Morgan fingerprint density at radius 3 is 2.88 bits per heavy atom. The number of aromatic nitrogens is 2. The van der Waals surface area contributed by atoms with Crippen LogP contribution in [0.15, 0.2) is 36.7 Å². The third-order valence-corrected chi connectivity index (χ3v) is 2.93. The van der Waals surface area contributed by atoms with Gasteiger partial charge >= 0.3 is 0 Å². The molecule has 0 saturated heterocycles. The highest BCUT2D eigenvalue weighted by Crippen LogP contribution is 2.20. The van der Waals surface area contributed by atoms with Gasteiger partial charge in [0.15, 0.2) is 0 Å². The zero-order valence-electron chi connectivity index (χ0n) is 9.48. The molecule has 1 aromatic carbocycles. The fourth-order valence-corrected chi connectivity index (χ4v) is 2.03. The molecule has 0 amide bonds. The molecule has 2 heterocycles. The van der Waals surface area contributed by atoms with Gasteiger partial charge in [-0.25, -0.2) is 9.97 Å². The predicted octanol–water partition coefficient (Wildman–Crippen LogP) is 1.69. The lowest BCUT2D eigenvalue weighted by Gasteiger charge is -2.08. The largest absolute Gasteiger partial charge is 0.366 e. The Bertz CT molecular complexity index is 510. The van der Waals surface area contributed by atoms with Crippen LogP contribution in [0, 0.1) is 0 Å². The average molecular weight is 226 g/mol. The van der Waals surface area contributed by atoms with Crippen molar-refractivity contribution in [1.82, 2.24) is 15.3 Å². The summed E-state index contributed by atoms with van der Waals surface area (Å²) in [5.41, 5.74) is 3.56. The topological polar surface area (TPSA) is 49.8 Å². The number of benzene rings is 1. The lowest BCUT2D eigenvalue weighted by Crippen LogP contribution is -2.06. The maximum atomic E-state index is 4.30. The summed E-state index contributed by atoms with van der Waals surface area (Å²) in [6, 6.07) is 10.3. The van der Waals surface area contributed by atoms with Crippen molar-refractivity contribution in [2.24, 2.45) is 0 Å². The first-order chi connectivity index (χ1) is 8.43. The second-order valence-corrected chi connectivity index (χ2v) is 4.09. The Labute approximate surface area is 100 Å². The molecule has 4 heteroatoms. The van der Waals surface area contributed by atoms with E-state index in [4.69, 9.17) is 0 Å². The van der Waals surface area contributed by atoms with E-state index in [1.54, 1.807) is 6.33 Å². The van der Waals surface area contributed by atoms with Crippen LogP contribution in [0.1, 0.15) is 16.8 Å². The van der Waals surface area contributed by atoms with E-state index in [2.05, 4.69) is 32.7 Å². The van der Waals surface area contributed by atoms with Crippen molar-refractivity contribution in [1.29, 1.82) is 0 Å². The summed E-state index contributed by atoms with van der Waals surface area (Å²) in [4.78, 5) is 8.56. The molecule has 86 valence electrons. The molecule has 0 bridgehead atoms. The van der Waals surface area contributed by atoms with Gasteiger partial charge in [0.1, 0.15) is 12.1 Å². The Morgan fingerprint density at radius 1 is 1.12 bits per heavy atom. The van der Waals surface area contributed by atoms with Crippen LogP contribution < -0.4 is 10.6 Å². The molecule has 1 aliphatic heterocycles. The second kappa shape index (κ2) is 4.51. The van der Waals surface area contributed by atoms with Gasteiger partial charge in [-0.05, 0) is 5.56 Å². The zero-order valence-corrected chi connectivity index (χ0v) is 9.48. The van der Waals surface area contributed by atoms with E-state index in [0.717, 1.165) is 31.1 Å². The first-order valence-electron chi connectivity index (χ1n) is 5.75. The number of anilines is 1. The maximum absolute atomic E-state index is 4.30. The normalized spacial score (nSPS) is 13.4. The van der Waals surface area contributed by atoms with Crippen LogP contribution in [-0.2, 0) is 19.6 Å². The lowest BCUT2D eigenvalue weighted by molar-refractivity contribution is 0.757. The van der Waals surface area contributed by atoms with Gasteiger partial charge in [0.05, 0.1) is 5.69 Å². The minimum Gasteiger partial charge on any atom is -0.366 e. The molecule has 4 nitrogen and oxygen atoms in total. The van der Waals surface area contributed by atoms with Crippen LogP contribution in [0.3, 0.4) is 0 Å². The molecule has 2 aromatic rings. The third-order valence-electron chi connectivity index (χ3n) is 2.93. The summed E-state index contributed by atoms with van der Waals surface area (Å²) in [6.45, 7) is 2.50. The number of hydrogen-bond acceptors (Lipinski definition) is 4. The predicted molar refractivity (Wildman–Crippen MR) is 66.3 cm³/mol. The molecule has 0 spiro atoms. The van der Waals surface area contributed by atoms with Crippen molar-refractivity contribution >= 4 is 5.82 Å². The Hall–Kier alpha value is -1.94. The first kappa shape index (κ1) is 10.2. The quantitative estimate of drug-likeness (QED) is 0.836. The van der Waals surface area contributed by atoms with Crippen LogP contribution in [-0.4, -0.2) is 9.97 Å². The molecular formula is C13H14N4. The molecule has 0 atom stereocenters. The van der Waals surface area contributed by atoms with E-state index >= 15 is 0 Å². The summed E-state index contributed by atoms with van der Waals surface area (Å²) in [5.74, 6) is 0.948. The molecule has 17 heavy (non-hydrogen) atoms. The monoisotopic (exact) mass is 226 g/mol. The molecule has 1 aromatic heterocycles. The SMILES string of the molecule is c1ccc(CNc2ncnc3c2CNC3)cc1. The minimum atomic E-state index is 0.796. The smallest absolute Gasteiger partial charge is 0.134 e. The number of hydrogen-bond donors (Lipinski definition) is 2. The van der Waals surface area contributed by atoms with Crippen molar-refractivity contribution in [2.75, 3.05) is 5.32 Å². The fraction of sp³-hybridized carbons (Fsp3) is 0.231. The van der Waals surface area contributed by atoms with Gasteiger partial charge < -0.3 is 10.6 Å². The van der Waals surface area contributed by atoms with E-state index in [-0.39, 0.29) is 0 Å². The Morgan fingerprint density at radius 2 is 2.00 bits per heavy atom. The second-order valence-electron chi connectivity index (χ2n) is 4.09. The highest BCUT2D eigenvalue weighted by Gasteiger charge is 2.15. The van der Waals surface area contributed by atoms with E-state index in [1.807, 2.05) is 18.2 Å². The van der Waals surface area contributed by atoms with E-state index in [9.17, 15) is 0 Å². The Kier molecular flexibility index (Phi) is 2.71. The van der Waals surface area contributed by atoms with Crippen molar-refractivity contribution in [3.05, 3.63) is 53.5 Å². The van der Waals surface area contributed by atoms with Gasteiger partial charge in [0, 0.05) is 25.2 Å². The van der Waals surface area contributed by atoms with Gasteiger partial charge in [-0.15, -0.1) is 0 Å². The summed E-state index contributed by atoms with van der Waals surface area (Å²) in [6.07, 6.45) is 1.62. The summed E-state index contributed by atoms with van der Waals surface area (Å²) in [7, 11) is 0. The van der Waals surface area contributed by atoms with Crippen LogP contribution in [0.2, 0.25) is 0 Å². The molecular weight excluding hydrogens is 212 g/mol. The van der Waals surface area contributed by atoms with Crippen LogP contribution >= 0.6 is 0 Å². The lowest BCUT2D eigenvalue weighted by atomic mass is 10.2. The molecule has 0 radical (unpaired) electrons. The fourth-order valence-electron chi connectivity index (χ4n) is 2.03. The summed E-state index contributed by atoms with van der Waals surface area (Å²) in [5, 5.41) is 6.65. The van der Waals surface area contributed by atoms with E-state index in [1.165, 1.54) is 11.1 Å².